The first kappa shape index (κ1) is 10.3. The van der Waals surface area contributed by atoms with Gasteiger partial charge < -0.3 is 5.73 Å². The minimum absolute atomic E-state index is 0.512. The van der Waals surface area contributed by atoms with Crippen molar-refractivity contribution in [1.82, 2.24) is 9.78 Å². The van der Waals surface area contributed by atoms with Gasteiger partial charge in [0.15, 0.2) is 0 Å². The maximum atomic E-state index is 5.91. The zero-order valence-corrected chi connectivity index (χ0v) is 9.55. The van der Waals surface area contributed by atoms with E-state index in [1.807, 2.05) is 6.07 Å². The van der Waals surface area contributed by atoms with Crippen LogP contribution >= 0.6 is 23.2 Å². The van der Waals surface area contributed by atoms with E-state index in [0.717, 1.165) is 11.3 Å². The largest absolute Gasteiger partial charge is 0.384 e. The Morgan fingerprint density at radius 3 is 2.47 bits per heavy atom. The van der Waals surface area contributed by atoms with E-state index in [9.17, 15) is 0 Å². The standard InChI is InChI=1S/C10H9Cl2N3/c1-15-10(13)5-9(14-15)6-2-3-7(11)8(12)4-6/h2-5H,13H2,1H3. The summed E-state index contributed by atoms with van der Waals surface area (Å²) in [6, 6.07) is 7.16. The van der Waals surface area contributed by atoms with E-state index >= 15 is 0 Å². The van der Waals surface area contributed by atoms with Gasteiger partial charge in [-0.25, -0.2) is 0 Å². The molecule has 0 saturated heterocycles. The van der Waals surface area contributed by atoms with E-state index in [0.29, 0.717) is 15.9 Å². The maximum Gasteiger partial charge on any atom is 0.121 e. The fraction of sp³-hybridized carbons (Fsp3) is 0.100. The number of benzene rings is 1. The molecule has 2 rings (SSSR count). The smallest absolute Gasteiger partial charge is 0.121 e. The number of anilines is 1. The summed E-state index contributed by atoms with van der Waals surface area (Å²) in [5.41, 5.74) is 7.37. The summed E-state index contributed by atoms with van der Waals surface area (Å²) in [5.74, 6) is 0.607. The van der Waals surface area contributed by atoms with Crippen molar-refractivity contribution >= 4 is 29.0 Å². The number of halogens is 2. The highest BCUT2D eigenvalue weighted by Crippen LogP contribution is 2.28. The van der Waals surface area contributed by atoms with Crippen molar-refractivity contribution in [2.24, 2.45) is 7.05 Å². The van der Waals surface area contributed by atoms with Crippen molar-refractivity contribution in [2.75, 3.05) is 5.73 Å². The van der Waals surface area contributed by atoms with Crippen LogP contribution in [0.1, 0.15) is 0 Å². The van der Waals surface area contributed by atoms with Gasteiger partial charge in [0.1, 0.15) is 5.82 Å². The molecule has 0 aliphatic carbocycles. The molecule has 1 heterocycles. The summed E-state index contributed by atoms with van der Waals surface area (Å²) in [4.78, 5) is 0. The lowest BCUT2D eigenvalue weighted by atomic mass is 10.1. The van der Waals surface area contributed by atoms with Crippen LogP contribution in [-0.2, 0) is 7.05 Å². The summed E-state index contributed by atoms with van der Waals surface area (Å²) in [5, 5.41) is 5.29. The second kappa shape index (κ2) is 3.76. The third-order valence-corrected chi connectivity index (χ3v) is 2.87. The number of nitrogens with zero attached hydrogens (tertiary/aromatic N) is 2. The lowest BCUT2D eigenvalue weighted by Crippen LogP contribution is -1.96. The SMILES string of the molecule is Cn1nc(-c2ccc(Cl)c(Cl)c2)cc1N. The summed E-state index contributed by atoms with van der Waals surface area (Å²) < 4.78 is 1.61. The molecule has 5 heteroatoms. The molecule has 0 spiro atoms. The number of aryl methyl sites for hydroxylation is 1. The molecule has 0 radical (unpaired) electrons. The molecule has 1 aromatic carbocycles. The Hall–Kier alpha value is -1.19. The quantitative estimate of drug-likeness (QED) is 0.835. The van der Waals surface area contributed by atoms with Gasteiger partial charge in [-0.1, -0.05) is 29.3 Å². The minimum Gasteiger partial charge on any atom is -0.384 e. The molecular formula is C10H9Cl2N3. The zero-order chi connectivity index (χ0) is 11.0. The molecule has 2 N–H and O–H groups in total. The molecule has 78 valence electrons. The zero-order valence-electron chi connectivity index (χ0n) is 8.04. The second-order valence-electron chi connectivity index (χ2n) is 3.21. The Kier molecular flexibility index (Phi) is 2.59. The molecule has 1 aromatic heterocycles. The van der Waals surface area contributed by atoms with Crippen molar-refractivity contribution in [2.45, 2.75) is 0 Å². The van der Waals surface area contributed by atoms with Gasteiger partial charge in [-0.15, -0.1) is 0 Å². The van der Waals surface area contributed by atoms with Gasteiger partial charge in [-0.05, 0) is 12.1 Å². The predicted molar refractivity (Wildman–Crippen MR) is 63.1 cm³/mol. The van der Waals surface area contributed by atoms with Gasteiger partial charge in [0, 0.05) is 18.7 Å². The fourth-order valence-corrected chi connectivity index (χ4v) is 1.58. The molecular weight excluding hydrogens is 233 g/mol. The monoisotopic (exact) mass is 241 g/mol. The predicted octanol–water partition coefficient (Wildman–Crippen LogP) is 2.98. The number of hydrogen-bond donors (Lipinski definition) is 1. The first-order valence-electron chi connectivity index (χ1n) is 4.33. The van der Waals surface area contributed by atoms with Crippen molar-refractivity contribution in [3.63, 3.8) is 0 Å². The second-order valence-corrected chi connectivity index (χ2v) is 4.02. The van der Waals surface area contributed by atoms with Crippen LogP contribution in [0.5, 0.6) is 0 Å². The van der Waals surface area contributed by atoms with E-state index in [2.05, 4.69) is 5.10 Å². The van der Waals surface area contributed by atoms with Crippen LogP contribution in [0.2, 0.25) is 10.0 Å². The molecule has 0 amide bonds. The van der Waals surface area contributed by atoms with Crippen molar-refractivity contribution in [1.29, 1.82) is 0 Å². The summed E-state index contributed by atoms with van der Waals surface area (Å²) in [6.07, 6.45) is 0. The van der Waals surface area contributed by atoms with Crippen LogP contribution in [-0.4, -0.2) is 9.78 Å². The summed E-state index contributed by atoms with van der Waals surface area (Å²) >= 11 is 11.7. The van der Waals surface area contributed by atoms with Crippen LogP contribution in [0, 0.1) is 0 Å². The molecule has 0 unspecified atom stereocenters. The first-order chi connectivity index (χ1) is 7.08. The molecule has 0 fully saturated rings. The van der Waals surface area contributed by atoms with Gasteiger partial charge in [-0.3, -0.25) is 4.68 Å². The number of aromatic nitrogens is 2. The highest BCUT2D eigenvalue weighted by molar-refractivity contribution is 6.42. The third-order valence-electron chi connectivity index (χ3n) is 2.13. The number of nitrogens with two attached hydrogens (primary N) is 1. The van der Waals surface area contributed by atoms with E-state index in [1.165, 1.54) is 0 Å². The van der Waals surface area contributed by atoms with Gasteiger partial charge in [0.25, 0.3) is 0 Å². The molecule has 2 aromatic rings. The molecule has 15 heavy (non-hydrogen) atoms. The summed E-state index contributed by atoms with van der Waals surface area (Å²) in [6.45, 7) is 0. The van der Waals surface area contributed by atoms with Gasteiger partial charge in [-0.2, -0.15) is 5.10 Å². The minimum atomic E-state index is 0.512. The first-order valence-corrected chi connectivity index (χ1v) is 5.08. The van der Waals surface area contributed by atoms with Crippen LogP contribution in [0.25, 0.3) is 11.3 Å². The maximum absolute atomic E-state index is 5.91. The number of hydrogen-bond acceptors (Lipinski definition) is 2. The highest BCUT2D eigenvalue weighted by atomic mass is 35.5. The molecule has 0 bridgehead atoms. The van der Waals surface area contributed by atoms with Crippen molar-refractivity contribution in [3.8, 4) is 11.3 Å². The van der Waals surface area contributed by atoms with Crippen LogP contribution < -0.4 is 5.73 Å². The van der Waals surface area contributed by atoms with E-state index in [1.54, 1.807) is 29.9 Å². The van der Waals surface area contributed by atoms with Crippen molar-refractivity contribution < 1.29 is 0 Å². The molecule has 0 atom stereocenters. The Labute approximate surface area is 97.4 Å². The average Bonchev–Trinajstić information content (AvgIpc) is 2.52. The Morgan fingerprint density at radius 1 is 1.20 bits per heavy atom. The van der Waals surface area contributed by atoms with Crippen LogP contribution in [0.3, 0.4) is 0 Å². The van der Waals surface area contributed by atoms with Gasteiger partial charge in [0.05, 0.1) is 15.7 Å². The van der Waals surface area contributed by atoms with E-state index in [-0.39, 0.29) is 0 Å². The average molecular weight is 242 g/mol. The fourth-order valence-electron chi connectivity index (χ4n) is 1.28. The highest BCUT2D eigenvalue weighted by Gasteiger charge is 2.06. The molecule has 0 aliphatic heterocycles. The molecule has 0 saturated carbocycles. The Balaban J connectivity index is 2.49. The Bertz CT molecular complexity index is 486. The molecule has 3 nitrogen and oxygen atoms in total. The van der Waals surface area contributed by atoms with E-state index < -0.39 is 0 Å². The van der Waals surface area contributed by atoms with E-state index in [4.69, 9.17) is 28.9 Å². The third kappa shape index (κ3) is 1.94. The Morgan fingerprint density at radius 2 is 1.93 bits per heavy atom. The summed E-state index contributed by atoms with van der Waals surface area (Å²) in [7, 11) is 1.79. The van der Waals surface area contributed by atoms with Gasteiger partial charge >= 0.3 is 0 Å². The normalized spacial score (nSPS) is 10.6. The lowest BCUT2D eigenvalue weighted by molar-refractivity contribution is 0.782. The number of rotatable bonds is 1. The van der Waals surface area contributed by atoms with Crippen LogP contribution in [0.4, 0.5) is 5.82 Å². The van der Waals surface area contributed by atoms with Crippen LogP contribution in [0.15, 0.2) is 24.3 Å². The number of nitrogen functional groups attached to an aromatic ring is 1. The molecule has 0 aliphatic rings. The lowest BCUT2D eigenvalue weighted by Gasteiger charge is -1.99. The van der Waals surface area contributed by atoms with Gasteiger partial charge in [0.2, 0.25) is 0 Å². The van der Waals surface area contributed by atoms with Crippen molar-refractivity contribution in [3.05, 3.63) is 34.3 Å². The topological polar surface area (TPSA) is 43.8 Å².